The smallest absolute Gasteiger partial charge is 0.0170 e. The average Bonchev–Trinajstić information content (AvgIpc) is 2.96. The van der Waals surface area contributed by atoms with Crippen molar-refractivity contribution in [3.05, 3.63) is 105 Å². The SMILES string of the molecule is CC(C)CCCCCC(c1c(C(C)(C)C)cccc1C(C)(C)C)C(c1c(C(C)(C)C)cccc1C(C)(C)C)c1c(C(C)(C)C)cccc1C(C)(C)C. The largest absolute Gasteiger partial charge is 0.0628 e. The first kappa shape index (κ1) is 44.1. The molecule has 0 aromatic heterocycles. The maximum Gasteiger partial charge on any atom is 0.0170 e. The number of hydrogen-bond acceptors (Lipinski definition) is 0. The molecule has 290 valence electrons. The molecule has 0 N–H and O–H groups in total. The zero-order valence-electron chi connectivity index (χ0n) is 38.0. The van der Waals surface area contributed by atoms with Crippen LogP contribution in [0.3, 0.4) is 0 Å². The molecule has 52 heavy (non-hydrogen) atoms. The highest BCUT2D eigenvalue weighted by Gasteiger charge is 2.42. The second kappa shape index (κ2) is 15.8. The summed E-state index contributed by atoms with van der Waals surface area (Å²) in [6, 6.07) is 21.9. The van der Waals surface area contributed by atoms with Crippen molar-refractivity contribution in [2.24, 2.45) is 5.92 Å². The van der Waals surface area contributed by atoms with E-state index in [-0.39, 0.29) is 38.4 Å². The van der Waals surface area contributed by atoms with Crippen molar-refractivity contribution in [2.75, 3.05) is 0 Å². The van der Waals surface area contributed by atoms with Gasteiger partial charge >= 0.3 is 0 Å². The zero-order valence-corrected chi connectivity index (χ0v) is 38.0. The molecule has 0 heteroatoms. The lowest BCUT2D eigenvalue weighted by Crippen LogP contribution is -2.32. The maximum absolute atomic E-state index is 2.48. The van der Waals surface area contributed by atoms with Gasteiger partial charge in [0.25, 0.3) is 0 Å². The third-order valence-electron chi connectivity index (χ3n) is 11.4. The Hall–Kier alpha value is -2.34. The van der Waals surface area contributed by atoms with Gasteiger partial charge in [-0.15, -0.1) is 0 Å². The number of unbranched alkanes of at least 4 members (excludes halogenated alkanes) is 2. The van der Waals surface area contributed by atoms with Crippen LogP contribution in [0.25, 0.3) is 0 Å². The van der Waals surface area contributed by atoms with Crippen LogP contribution >= 0.6 is 0 Å². The summed E-state index contributed by atoms with van der Waals surface area (Å²) in [6.07, 6.45) is 6.30. The van der Waals surface area contributed by atoms with E-state index in [1.807, 2.05) is 0 Å². The molecule has 0 aliphatic rings. The summed E-state index contributed by atoms with van der Waals surface area (Å²) in [5, 5.41) is 0. The highest BCUT2D eigenvalue weighted by atomic mass is 14.5. The first-order chi connectivity index (χ1) is 23.5. The van der Waals surface area contributed by atoms with Crippen LogP contribution in [0.15, 0.2) is 54.6 Å². The Bertz CT molecular complexity index is 1440. The van der Waals surface area contributed by atoms with E-state index in [1.54, 1.807) is 16.7 Å². The lowest BCUT2D eigenvalue weighted by molar-refractivity contribution is 0.442. The molecule has 3 aromatic rings. The third kappa shape index (κ3) is 10.4. The van der Waals surface area contributed by atoms with Crippen molar-refractivity contribution >= 4 is 0 Å². The van der Waals surface area contributed by atoms with E-state index in [4.69, 9.17) is 0 Å². The van der Waals surface area contributed by atoms with Gasteiger partial charge in [-0.3, -0.25) is 0 Å². The quantitative estimate of drug-likeness (QED) is 0.184. The highest BCUT2D eigenvalue weighted by molar-refractivity contribution is 5.58. The molecule has 3 aromatic carbocycles. The zero-order chi connectivity index (χ0) is 39.8. The lowest BCUT2D eigenvalue weighted by Gasteiger charge is -2.44. The van der Waals surface area contributed by atoms with Gasteiger partial charge in [0.1, 0.15) is 0 Å². The molecular weight excluding hydrogens is 625 g/mol. The standard InChI is InChI=1S/C52H82/c1-35(2)27-22-21-23-28-36(43-37(47(3,4)5)29-24-30-38(43)48(6,7)8)44(45-39(49(9,10)11)31-25-32-40(45)50(12,13)14)46-41(51(15,16)17)33-26-34-42(46)52(18,19)20/h24-26,29-36,44H,21-23,27-28H2,1-20H3. The molecule has 0 radical (unpaired) electrons. The molecule has 1 unspecified atom stereocenters. The molecule has 0 bridgehead atoms. The van der Waals surface area contributed by atoms with Crippen molar-refractivity contribution < 1.29 is 0 Å². The normalized spacial score (nSPS) is 14.4. The molecule has 1 atom stereocenters. The summed E-state index contributed by atoms with van der Waals surface area (Å²) >= 11 is 0. The van der Waals surface area contributed by atoms with E-state index in [2.05, 4.69) is 193 Å². The molecule has 0 fully saturated rings. The Morgan fingerprint density at radius 2 is 0.596 bits per heavy atom. The van der Waals surface area contributed by atoms with Crippen molar-refractivity contribution in [3.63, 3.8) is 0 Å². The molecule has 0 aliphatic heterocycles. The second-order valence-electron chi connectivity index (χ2n) is 22.9. The summed E-state index contributed by atoms with van der Waals surface area (Å²) in [5.41, 5.74) is 13.8. The van der Waals surface area contributed by atoms with Crippen LogP contribution in [0.2, 0.25) is 0 Å². The first-order valence-electron chi connectivity index (χ1n) is 20.9. The fourth-order valence-electron chi connectivity index (χ4n) is 8.81. The van der Waals surface area contributed by atoms with Crippen LogP contribution in [-0.2, 0) is 32.5 Å². The maximum atomic E-state index is 2.48. The first-order valence-corrected chi connectivity index (χ1v) is 20.9. The minimum absolute atomic E-state index is 0.00381. The van der Waals surface area contributed by atoms with E-state index in [0.717, 1.165) is 5.92 Å². The molecular formula is C52H82. The Morgan fingerprint density at radius 3 is 0.846 bits per heavy atom. The van der Waals surface area contributed by atoms with Crippen LogP contribution in [0.4, 0.5) is 0 Å². The molecule has 0 amide bonds. The summed E-state index contributed by atoms with van der Waals surface area (Å²) in [5.74, 6) is 1.24. The minimum Gasteiger partial charge on any atom is -0.0628 e. The molecule has 0 saturated carbocycles. The van der Waals surface area contributed by atoms with Gasteiger partial charge in [-0.25, -0.2) is 0 Å². The molecule has 0 saturated heterocycles. The van der Waals surface area contributed by atoms with Crippen molar-refractivity contribution in [1.29, 1.82) is 0 Å². The molecule has 0 aliphatic carbocycles. The fourth-order valence-corrected chi connectivity index (χ4v) is 8.81. The minimum atomic E-state index is -0.0222. The molecule has 0 spiro atoms. The highest BCUT2D eigenvalue weighted by Crippen LogP contribution is 2.55. The summed E-state index contributed by atoms with van der Waals surface area (Å²) in [7, 11) is 0. The van der Waals surface area contributed by atoms with Gasteiger partial charge in [0, 0.05) is 5.92 Å². The summed E-state index contributed by atoms with van der Waals surface area (Å²) in [4.78, 5) is 0. The molecule has 0 heterocycles. The van der Waals surface area contributed by atoms with Gasteiger partial charge in [-0.05, 0) is 101 Å². The lowest BCUT2D eigenvalue weighted by atomic mass is 9.60. The van der Waals surface area contributed by atoms with Gasteiger partial charge in [-0.1, -0.05) is 219 Å². The Balaban J connectivity index is 2.80. The predicted octanol–water partition coefficient (Wildman–Crippen LogP) is 16.0. The third-order valence-corrected chi connectivity index (χ3v) is 11.4. The number of benzene rings is 3. The Morgan fingerprint density at radius 1 is 0.346 bits per heavy atom. The van der Waals surface area contributed by atoms with Crippen LogP contribution in [0.5, 0.6) is 0 Å². The predicted molar refractivity (Wildman–Crippen MR) is 234 cm³/mol. The molecule has 0 nitrogen and oxygen atoms in total. The van der Waals surface area contributed by atoms with Crippen LogP contribution in [0.1, 0.15) is 232 Å². The topological polar surface area (TPSA) is 0 Å². The Labute approximate surface area is 324 Å². The van der Waals surface area contributed by atoms with E-state index in [0.29, 0.717) is 5.92 Å². The van der Waals surface area contributed by atoms with Crippen LogP contribution in [-0.4, -0.2) is 0 Å². The van der Waals surface area contributed by atoms with E-state index in [9.17, 15) is 0 Å². The van der Waals surface area contributed by atoms with Crippen molar-refractivity contribution in [2.45, 2.75) is 215 Å². The van der Waals surface area contributed by atoms with Crippen LogP contribution in [0, 0.1) is 5.92 Å². The van der Waals surface area contributed by atoms with Crippen molar-refractivity contribution in [1.82, 2.24) is 0 Å². The number of rotatable bonds is 10. The molecule has 3 rings (SSSR count). The summed E-state index contributed by atoms with van der Waals surface area (Å²) < 4.78 is 0. The van der Waals surface area contributed by atoms with Gasteiger partial charge in [0.05, 0.1) is 0 Å². The van der Waals surface area contributed by atoms with Gasteiger partial charge in [-0.2, -0.15) is 0 Å². The van der Waals surface area contributed by atoms with E-state index >= 15 is 0 Å². The van der Waals surface area contributed by atoms with Gasteiger partial charge in [0.2, 0.25) is 0 Å². The average molecular weight is 707 g/mol. The van der Waals surface area contributed by atoms with Crippen LogP contribution < -0.4 is 0 Å². The van der Waals surface area contributed by atoms with Gasteiger partial charge < -0.3 is 0 Å². The summed E-state index contributed by atoms with van der Waals surface area (Å²) in [6.45, 7) is 48.8. The van der Waals surface area contributed by atoms with Crippen molar-refractivity contribution in [3.8, 4) is 0 Å². The fraction of sp³-hybridized carbons (Fsp3) is 0.654. The van der Waals surface area contributed by atoms with E-state index in [1.165, 1.54) is 65.5 Å². The Kier molecular flexibility index (Phi) is 13.4. The van der Waals surface area contributed by atoms with Gasteiger partial charge in [0.15, 0.2) is 0 Å². The second-order valence-corrected chi connectivity index (χ2v) is 22.9. The number of hydrogen-bond donors (Lipinski definition) is 0. The monoisotopic (exact) mass is 707 g/mol. The van der Waals surface area contributed by atoms with E-state index < -0.39 is 0 Å².